The molecule has 32 heavy (non-hydrogen) atoms. The molecule has 6 heteroatoms. The highest BCUT2D eigenvalue weighted by molar-refractivity contribution is 5.96. The van der Waals surface area contributed by atoms with Gasteiger partial charge in [0, 0.05) is 65.3 Å². The predicted octanol–water partition coefficient (Wildman–Crippen LogP) is 5.04. The molecule has 0 spiro atoms. The van der Waals surface area contributed by atoms with Gasteiger partial charge in [-0.1, -0.05) is 24.3 Å². The largest absolute Gasteiger partial charge is 0.361 e. The number of carbonyl (C=O) groups excluding carboxylic acids is 1. The van der Waals surface area contributed by atoms with Crippen LogP contribution in [0.25, 0.3) is 38.6 Å². The van der Waals surface area contributed by atoms with E-state index >= 15 is 0 Å². The Morgan fingerprint density at radius 2 is 1.94 bits per heavy atom. The lowest BCUT2D eigenvalue weighted by Crippen LogP contribution is -2.35. The highest BCUT2D eigenvalue weighted by atomic mass is 16.2. The zero-order chi connectivity index (χ0) is 21.5. The first kappa shape index (κ1) is 18.6. The predicted molar refractivity (Wildman–Crippen MR) is 126 cm³/mol. The molecule has 6 nitrogen and oxygen atoms in total. The molecule has 4 aromatic heterocycles. The molecule has 0 atom stereocenters. The van der Waals surface area contributed by atoms with Crippen LogP contribution >= 0.6 is 0 Å². The van der Waals surface area contributed by atoms with Crippen molar-refractivity contribution in [2.45, 2.75) is 6.42 Å². The number of hydrogen-bond acceptors (Lipinski definition) is 3. The number of para-hydroxylation sites is 1. The number of amides is 1. The summed E-state index contributed by atoms with van der Waals surface area (Å²) in [5.74, 6) is -0.0447. The summed E-state index contributed by atoms with van der Waals surface area (Å²) in [5, 5.41) is 2.26. The molecule has 1 amide bonds. The monoisotopic (exact) mass is 419 g/mol. The van der Waals surface area contributed by atoms with Crippen molar-refractivity contribution in [2.24, 2.45) is 0 Å². The van der Waals surface area contributed by atoms with Gasteiger partial charge in [-0.3, -0.25) is 9.78 Å². The third-order valence-electron chi connectivity index (χ3n) is 6.14. The Balaban J connectivity index is 1.24. The minimum atomic E-state index is -0.0447. The molecule has 0 aliphatic carbocycles. The molecule has 5 aromatic rings. The molecule has 0 bridgehead atoms. The number of aromatic amines is 2. The summed E-state index contributed by atoms with van der Waals surface area (Å²) in [6.07, 6.45) is 10.4. The number of nitrogens with one attached hydrogen (secondary N) is 2. The van der Waals surface area contributed by atoms with Crippen molar-refractivity contribution >= 4 is 33.4 Å². The maximum absolute atomic E-state index is 13.2. The first-order valence-electron chi connectivity index (χ1n) is 10.7. The van der Waals surface area contributed by atoms with Gasteiger partial charge in [0.2, 0.25) is 0 Å². The van der Waals surface area contributed by atoms with E-state index in [9.17, 15) is 4.79 Å². The van der Waals surface area contributed by atoms with E-state index in [1.165, 1.54) is 16.5 Å². The van der Waals surface area contributed by atoms with E-state index in [0.29, 0.717) is 18.8 Å². The summed E-state index contributed by atoms with van der Waals surface area (Å²) in [5.41, 5.74) is 6.85. The van der Waals surface area contributed by atoms with Crippen LogP contribution in [0.5, 0.6) is 0 Å². The van der Waals surface area contributed by atoms with Crippen molar-refractivity contribution in [1.29, 1.82) is 0 Å². The molecule has 0 saturated carbocycles. The fourth-order valence-corrected chi connectivity index (χ4v) is 4.42. The SMILES string of the molecule is O=C(c1cc(-c2cnc3[nH]ccc3c2)ccn1)N1CC=C(c2c[nH]c3ccccc23)CC1. The first-order valence-corrected chi connectivity index (χ1v) is 10.7. The van der Waals surface area contributed by atoms with Gasteiger partial charge in [0.05, 0.1) is 0 Å². The number of hydrogen-bond donors (Lipinski definition) is 2. The van der Waals surface area contributed by atoms with E-state index in [-0.39, 0.29) is 5.91 Å². The van der Waals surface area contributed by atoms with Crippen molar-refractivity contribution in [1.82, 2.24) is 24.8 Å². The van der Waals surface area contributed by atoms with Crippen LogP contribution in [0.4, 0.5) is 0 Å². The maximum Gasteiger partial charge on any atom is 0.272 e. The minimum Gasteiger partial charge on any atom is -0.361 e. The van der Waals surface area contributed by atoms with E-state index in [2.05, 4.69) is 56.5 Å². The lowest BCUT2D eigenvalue weighted by molar-refractivity contribution is 0.0767. The number of nitrogens with zero attached hydrogens (tertiary/aromatic N) is 3. The first-order chi connectivity index (χ1) is 15.8. The smallest absolute Gasteiger partial charge is 0.272 e. The Morgan fingerprint density at radius 1 is 1.00 bits per heavy atom. The van der Waals surface area contributed by atoms with E-state index < -0.39 is 0 Å². The standard InChI is InChI=1S/C26H21N5O/c32-26(24-14-18(5-9-27-24)20-13-19-6-10-28-25(19)30-15-20)31-11-7-17(8-12-31)22-16-29-23-4-2-1-3-21(22)23/h1-7,9-10,13-16,29H,8,11-12H2,(H,28,30). The Morgan fingerprint density at radius 3 is 2.84 bits per heavy atom. The molecule has 0 radical (unpaired) electrons. The zero-order valence-electron chi connectivity index (χ0n) is 17.4. The van der Waals surface area contributed by atoms with E-state index in [1.807, 2.05) is 41.6 Å². The van der Waals surface area contributed by atoms with E-state index in [1.54, 1.807) is 6.20 Å². The number of carbonyl (C=O) groups is 1. The summed E-state index contributed by atoms with van der Waals surface area (Å²) < 4.78 is 0. The third kappa shape index (κ3) is 3.17. The van der Waals surface area contributed by atoms with Crippen LogP contribution in [-0.4, -0.2) is 43.8 Å². The molecule has 5 heterocycles. The molecule has 0 fully saturated rings. The number of rotatable bonds is 3. The lowest BCUT2D eigenvalue weighted by atomic mass is 9.98. The second-order valence-electron chi connectivity index (χ2n) is 8.05. The molecule has 6 rings (SSSR count). The lowest BCUT2D eigenvalue weighted by Gasteiger charge is -2.26. The molecular formula is C26H21N5O. The summed E-state index contributed by atoms with van der Waals surface area (Å²) >= 11 is 0. The van der Waals surface area contributed by atoms with Gasteiger partial charge in [-0.15, -0.1) is 0 Å². The number of benzene rings is 1. The molecule has 1 aliphatic heterocycles. The maximum atomic E-state index is 13.2. The Bertz CT molecular complexity index is 1490. The quantitative estimate of drug-likeness (QED) is 0.430. The van der Waals surface area contributed by atoms with Gasteiger partial charge in [0.25, 0.3) is 5.91 Å². The van der Waals surface area contributed by atoms with Crippen LogP contribution in [0.1, 0.15) is 22.5 Å². The normalized spacial score (nSPS) is 14.1. The average molecular weight is 419 g/mol. The van der Waals surface area contributed by atoms with Gasteiger partial charge in [-0.2, -0.15) is 0 Å². The molecule has 1 aliphatic rings. The van der Waals surface area contributed by atoms with Crippen molar-refractivity contribution in [3.05, 3.63) is 90.7 Å². The fourth-order valence-electron chi connectivity index (χ4n) is 4.42. The van der Waals surface area contributed by atoms with Gasteiger partial charge in [0.1, 0.15) is 11.3 Å². The van der Waals surface area contributed by atoms with Crippen molar-refractivity contribution in [2.75, 3.05) is 13.1 Å². The van der Waals surface area contributed by atoms with Crippen molar-refractivity contribution in [3.63, 3.8) is 0 Å². The van der Waals surface area contributed by atoms with Gasteiger partial charge in [-0.25, -0.2) is 4.98 Å². The van der Waals surface area contributed by atoms with Crippen LogP contribution in [0.15, 0.2) is 79.4 Å². The molecule has 0 unspecified atom stereocenters. The van der Waals surface area contributed by atoms with Crippen LogP contribution in [0.2, 0.25) is 0 Å². The molecular weight excluding hydrogens is 398 g/mol. The summed E-state index contributed by atoms with van der Waals surface area (Å²) in [6.45, 7) is 1.25. The van der Waals surface area contributed by atoms with E-state index in [4.69, 9.17) is 0 Å². The number of aromatic nitrogens is 4. The zero-order valence-corrected chi connectivity index (χ0v) is 17.4. The van der Waals surface area contributed by atoms with Gasteiger partial charge in [-0.05, 0) is 47.9 Å². The summed E-state index contributed by atoms with van der Waals surface area (Å²) in [6, 6.07) is 16.1. The van der Waals surface area contributed by atoms with Gasteiger partial charge < -0.3 is 14.9 Å². The minimum absolute atomic E-state index is 0.0447. The average Bonchev–Trinajstić information content (AvgIpc) is 3.50. The number of pyridine rings is 2. The van der Waals surface area contributed by atoms with E-state index in [0.717, 1.165) is 34.1 Å². The second-order valence-corrected chi connectivity index (χ2v) is 8.05. The number of H-pyrrole nitrogens is 2. The van der Waals surface area contributed by atoms with Crippen molar-refractivity contribution < 1.29 is 4.79 Å². The molecule has 0 saturated heterocycles. The summed E-state index contributed by atoms with van der Waals surface area (Å²) in [7, 11) is 0. The Labute approximate surface area is 184 Å². The highest BCUT2D eigenvalue weighted by Gasteiger charge is 2.21. The highest BCUT2D eigenvalue weighted by Crippen LogP contribution is 2.30. The van der Waals surface area contributed by atoms with Gasteiger partial charge in [0.15, 0.2) is 0 Å². The van der Waals surface area contributed by atoms with Crippen LogP contribution < -0.4 is 0 Å². The summed E-state index contributed by atoms with van der Waals surface area (Å²) in [4.78, 5) is 30.3. The van der Waals surface area contributed by atoms with Crippen LogP contribution in [-0.2, 0) is 0 Å². The topological polar surface area (TPSA) is 77.7 Å². The Kier molecular flexibility index (Phi) is 4.35. The Hall–Kier alpha value is -4.19. The third-order valence-corrected chi connectivity index (χ3v) is 6.14. The molecule has 2 N–H and O–H groups in total. The second kappa shape index (κ2) is 7.50. The molecule has 156 valence electrons. The fraction of sp³-hybridized carbons (Fsp3) is 0.115. The molecule has 1 aromatic carbocycles. The van der Waals surface area contributed by atoms with Crippen molar-refractivity contribution in [3.8, 4) is 11.1 Å². The number of fused-ring (bicyclic) bond motifs is 2. The van der Waals surface area contributed by atoms with Crippen LogP contribution in [0.3, 0.4) is 0 Å². The van der Waals surface area contributed by atoms with Crippen LogP contribution in [0, 0.1) is 0 Å². The van der Waals surface area contributed by atoms with Gasteiger partial charge >= 0.3 is 0 Å².